The van der Waals surface area contributed by atoms with Crippen molar-refractivity contribution in [2.75, 3.05) is 0 Å². The van der Waals surface area contributed by atoms with Gasteiger partial charge in [-0.25, -0.2) is 9.18 Å². The largest absolute Gasteiger partial charge is 0.421 e. The average Bonchev–Trinajstić information content (AvgIpc) is 2.34. The third-order valence-corrected chi connectivity index (χ3v) is 2.68. The van der Waals surface area contributed by atoms with E-state index in [2.05, 4.69) is 0 Å². The minimum atomic E-state index is -0.567. The molecule has 2 nitrogen and oxygen atoms in total. The molecule has 0 aromatic heterocycles. The second-order valence-electron chi connectivity index (χ2n) is 3.83. The fourth-order valence-corrected chi connectivity index (χ4v) is 1.59. The van der Waals surface area contributed by atoms with Crippen LogP contribution in [0.15, 0.2) is 42.5 Å². The van der Waals surface area contributed by atoms with E-state index in [1.165, 1.54) is 24.3 Å². The molecule has 0 saturated heterocycles. The summed E-state index contributed by atoms with van der Waals surface area (Å²) in [7, 11) is 0. The molecule has 0 N–H and O–H groups in total. The normalized spacial score (nSPS) is 10.2. The number of aryl methyl sites for hydroxylation is 1. The van der Waals surface area contributed by atoms with Crippen LogP contribution in [0.5, 0.6) is 5.75 Å². The van der Waals surface area contributed by atoms with Gasteiger partial charge in [0.2, 0.25) is 0 Å². The predicted octanol–water partition coefficient (Wildman–Crippen LogP) is 4.01. The minimum absolute atomic E-state index is 0.272. The van der Waals surface area contributed by atoms with Gasteiger partial charge in [0, 0.05) is 0 Å². The van der Waals surface area contributed by atoms with Crippen LogP contribution in [0.3, 0.4) is 0 Å². The van der Waals surface area contributed by atoms with E-state index in [-0.39, 0.29) is 5.56 Å². The van der Waals surface area contributed by atoms with E-state index in [1.807, 2.05) is 13.0 Å². The van der Waals surface area contributed by atoms with Crippen molar-refractivity contribution in [3.05, 3.63) is 64.4 Å². The fourth-order valence-electron chi connectivity index (χ4n) is 1.43. The highest BCUT2D eigenvalue weighted by molar-refractivity contribution is 6.32. The SMILES string of the molecule is Cc1ccc(Cl)c(OC(=O)c2ccc(F)cc2)c1. The number of esters is 1. The van der Waals surface area contributed by atoms with Crippen molar-refractivity contribution in [2.24, 2.45) is 0 Å². The quantitative estimate of drug-likeness (QED) is 0.605. The molecule has 0 unspecified atom stereocenters. The summed E-state index contributed by atoms with van der Waals surface area (Å²) in [4.78, 5) is 11.8. The Kier molecular flexibility index (Phi) is 3.63. The maximum absolute atomic E-state index is 12.7. The molecule has 0 atom stereocenters. The zero-order valence-electron chi connectivity index (χ0n) is 9.61. The lowest BCUT2D eigenvalue weighted by Gasteiger charge is -2.07. The zero-order valence-corrected chi connectivity index (χ0v) is 10.4. The topological polar surface area (TPSA) is 26.3 Å². The van der Waals surface area contributed by atoms with Gasteiger partial charge in [0.05, 0.1) is 10.6 Å². The molecule has 0 fully saturated rings. The first kappa shape index (κ1) is 12.6. The number of rotatable bonds is 2. The van der Waals surface area contributed by atoms with Crippen LogP contribution >= 0.6 is 11.6 Å². The molecule has 18 heavy (non-hydrogen) atoms. The van der Waals surface area contributed by atoms with E-state index < -0.39 is 11.8 Å². The lowest BCUT2D eigenvalue weighted by atomic mass is 10.2. The summed E-state index contributed by atoms with van der Waals surface area (Å²) in [6, 6.07) is 10.3. The molecule has 0 saturated carbocycles. The third-order valence-electron chi connectivity index (χ3n) is 2.37. The third kappa shape index (κ3) is 2.87. The second kappa shape index (κ2) is 5.19. The molecule has 0 bridgehead atoms. The molecule has 0 aliphatic rings. The molecule has 2 aromatic carbocycles. The van der Waals surface area contributed by atoms with Crippen molar-refractivity contribution in [3.63, 3.8) is 0 Å². The van der Waals surface area contributed by atoms with E-state index >= 15 is 0 Å². The zero-order chi connectivity index (χ0) is 13.1. The molecule has 0 aliphatic heterocycles. The van der Waals surface area contributed by atoms with Gasteiger partial charge in [0.1, 0.15) is 11.6 Å². The molecular formula is C14H10ClFO2. The molecular weight excluding hydrogens is 255 g/mol. The Morgan fingerprint density at radius 3 is 2.50 bits per heavy atom. The van der Waals surface area contributed by atoms with Crippen LogP contribution in [0.2, 0.25) is 5.02 Å². The van der Waals surface area contributed by atoms with Crippen LogP contribution < -0.4 is 4.74 Å². The molecule has 2 rings (SSSR count). The lowest BCUT2D eigenvalue weighted by Crippen LogP contribution is -2.08. The van der Waals surface area contributed by atoms with E-state index in [0.29, 0.717) is 10.8 Å². The maximum Gasteiger partial charge on any atom is 0.343 e. The highest BCUT2D eigenvalue weighted by Crippen LogP contribution is 2.26. The van der Waals surface area contributed by atoms with Crippen molar-refractivity contribution < 1.29 is 13.9 Å². The van der Waals surface area contributed by atoms with Gasteiger partial charge in [0.15, 0.2) is 0 Å². The fraction of sp³-hybridized carbons (Fsp3) is 0.0714. The van der Waals surface area contributed by atoms with Gasteiger partial charge in [-0.3, -0.25) is 0 Å². The summed E-state index contributed by atoms with van der Waals surface area (Å²) >= 11 is 5.92. The standard InChI is InChI=1S/C14H10ClFO2/c1-9-2-7-12(15)13(8-9)18-14(17)10-3-5-11(16)6-4-10/h2-8H,1H3. The van der Waals surface area contributed by atoms with Gasteiger partial charge < -0.3 is 4.74 Å². The van der Waals surface area contributed by atoms with E-state index in [1.54, 1.807) is 12.1 Å². The molecule has 0 spiro atoms. The Hall–Kier alpha value is -1.87. The Morgan fingerprint density at radius 2 is 1.83 bits per heavy atom. The number of ether oxygens (including phenoxy) is 1. The van der Waals surface area contributed by atoms with Crippen LogP contribution in [-0.4, -0.2) is 5.97 Å². The van der Waals surface area contributed by atoms with Gasteiger partial charge in [-0.2, -0.15) is 0 Å². The van der Waals surface area contributed by atoms with Crippen LogP contribution in [0.4, 0.5) is 4.39 Å². The highest BCUT2D eigenvalue weighted by Gasteiger charge is 2.11. The predicted molar refractivity (Wildman–Crippen MR) is 67.5 cm³/mol. The Labute approximate surface area is 109 Å². The van der Waals surface area contributed by atoms with Crippen LogP contribution in [0.1, 0.15) is 15.9 Å². The van der Waals surface area contributed by atoms with Crippen LogP contribution in [-0.2, 0) is 0 Å². The highest BCUT2D eigenvalue weighted by atomic mass is 35.5. The van der Waals surface area contributed by atoms with Crippen molar-refractivity contribution >= 4 is 17.6 Å². The number of hydrogen-bond acceptors (Lipinski definition) is 2. The summed E-state index contributed by atoms with van der Waals surface area (Å²) in [5, 5.41) is 0.357. The summed E-state index contributed by atoms with van der Waals surface area (Å²) in [5.74, 6) is -0.673. The van der Waals surface area contributed by atoms with Gasteiger partial charge in [0.25, 0.3) is 0 Å². The molecule has 0 radical (unpaired) electrons. The maximum atomic E-state index is 12.7. The monoisotopic (exact) mass is 264 g/mol. The minimum Gasteiger partial charge on any atom is -0.421 e. The summed E-state index contributed by atoms with van der Waals surface area (Å²) in [5.41, 5.74) is 1.20. The van der Waals surface area contributed by atoms with E-state index in [4.69, 9.17) is 16.3 Å². The average molecular weight is 265 g/mol. The van der Waals surface area contributed by atoms with E-state index in [9.17, 15) is 9.18 Å². The summed E-state index contributed by atoms with van der Waals surface area (Å²) in [6.07, 6.45) is 0. The van der Waals surface area contributed by atoms with Gasteiger partial charge in [-0.05, 0) is 48.9 Å². The molecule has 0 heterocycles. The summed E-state index contributed by atoms with van der Waals surface area (Å²) in [6.45, 7) is 1.87. The Morgan fingerprint density at radius 1 is 1.17 bits per heavy atom. The van der Waals surface area contributed by atoms with Gasteiger partial charge >= 0.3 is 5.97 Å². The van der Waals surface area contributed by atoms with Crippen molar-refractivity contribution in [2.45, 2.75) is 6.92 Å². The molecule has 2 aromatic rings. The Balaban J connectivity index is 2.21. The second-order valence-corrected chi connectivity index (χ2v) is 4.24. The van der Waals surface area contributed by atoms with Crippen molar-refractivity contribution in [1.82, 2.24) is 0 Å². The number of halogens is 2. The molecule has 92 valence electrons. The lowest BCUT2D eigenvalue weighted by molar-refractivity contribution is 0.0735. The first-order valence-electron chi connectivity index (χ1n) is 5.30. The van der Waals surface area contributed by atoms with Crippen LogP contribution in [0.25, 0.3) is 0 Å². The van der Waals surface area contributed by atoms with Gasteiger partial charge in [-0.15, -0.1) is 0 Å². The smallest absolute Gasteiger partial charge is 0.343 e. The Bertz CT molecular complexity index is 579. The molecule has 4 heteroatoms. The summed E-state index contributed by atoms with van der Waals surface area (Å²) < 4.78 is 17.9. The van der Waals surface area contributed by atoms with Crippen molar-refractivity contribution in [1.29, 1.82) is 0 Å². The van der Waals surface area contributed by atoms with Gasteiger partial charge in [-0.1, -0.05) is 17.7 Å². The first-order valence-corrected chi connectivity index (χ1v) is 5.68. The first-order chi connectivity index (χ1) is 8.56. The number of carbonyl (C=O) groups is 1. The van der Waals surface area contributed by atoms with Crippen LogP contribution in [0, 0.1) is 12.7 Å². The van der Waals surface area contributed by atoms with E-state index in [0.717, 1.165) is 5.56 Å². The number of carbonyl (C=O) groups excluding carboxylic acids is 1. The molecule has 0 aliphatic carbocycles. The molecule has 0 amide bonds. The number of benzene rings is 2. The number of hydrogen-bond donors (Lipinski definition) is 0. The van der Waals surface area contributed by atoms with Crippen molar-refractivity contribution in [3.8, 4) is 5.75 Å².